The molecule has 0 aromatic carbocycles. The van der Waals surface area contributed by atoms with Gasteiger partial charge in [-0.1, -0.05) is 0 Å². The maximum absolute atomic E-state index is 10.2. The van der Waals surface area contributed by atoms with E-state index >= 15 is 0 Å². The third-order valence-electron chi connectivity index (χ3n) is 1.67. The number of carbonyl (C=O) groups is 1. The number of hydrogen-bond donors (Lipinski definition) is 2. The van der Waals surface area contributed by atoms with Crippen molar-refractivity contribution in [3.8, 4) is 0 Å². The lowest BCUT2D eigenvalue weighted by Crippen LogP contribution is -2.30. The molecule has 1 atom stereocenters. The molecule has 4 nitrogen and oxygen atoms in total. The zero-order valence-electron chi connectivity index (χ0n) is 5.79. The minimum atomic E-state index is -0.769. The molecular weight excluding hydrogens is 132 g/mol. The molecule has 0 bridgehead atoms. The Bertz CT molecular complexity index is 138. The quantitative estimate of drug-likeness (QED) is 0.527. The Hall–Kier alpha value is -0.610. The molecule has 1 aliphatic rings. The summed E-state index contributed by atoms with van der Waals surface area (Å²) in [5, 5.41) is 8.38. The van der Waals surface area contributed by atoms with Gasteiger partial charge in [-0.05, 0) is 6.42 Å². The zero-order chi connectivity index (χ0) is 7.56. The van der Waals surface area contributed by atoms with Crippen molar-refractivity contribution >= 4 is 5.97 Å². The lowest BCUT2D eigenvalue weighted by Gasteiger charge is -2.10. The number of rotatable bonds is 2. The fraction of sp³-hybridized carbons (Fsp3) is 0.833. The summed E-state index contributed by atoms with van der Waals surface area (Å²) in [6.07, 6.45) is 0.924. The molecule has 3 N–H and O–H groups in total. The van der Waals surface area contributed by atoms with Crippen LogP contribution in [0.3, 0.4) is 0 Å². The second-order valence-corrected chi connectivity index (χ2v) is 2.68. The van der Waals surface area contributed by atoms with Gasteiger partial charge in [-0.2, -0.15) is 0 Å². The Labute approximate surface area is 59.6 Å². The van der Waals surface area contributed by atoms with E-state index in [2.05, 4.69) is 0 Å². The molecule has 0 amide bonds. The van der Waals surface area contributed by atoms with Crippen LogP contribution in [0.4, 0.5) is 0 Å². The van der Waals surface area contributed by atoms with E-state index in [0.717, 1.165) is 19.5 Å². The zero-order valence-corrected chi connectivity index (χ0v) is 5.79. The Morgan fingerprint density at radius 1 is 1.80 bits per heavy atom. The molecule has 4 heteroatoms. The van der Waals surface area contributed by atoms with Crippen LogP contribution in [0, 0.1) is 0 Å². The van der Waals surface area contributed by atoms with Crippen LogP contribution in [0.15, 0.2) is 0 Å². The summed E-state index contributed by atoms with van der Waals surface area (Å²) in [5.74, 6) is -0.769. The van der Waals surface area contributed by atoms with Gasteiger partial charge in [0.05, 0.1) is 6.54 Å². The average molecular weight is 144 g/mol. The number of hydrogen-bond acceptors (Lipinski definition) is 3. The Kier molecular flexibility index (Phi) is 2.24. The van der Waals surface area contributed by atoms with Crippen LogP contribution in [0.2, 0.25) is 0 Å². The third kappa shape index (κ3) is 1.97. The van der Waals surface area contributed by atoms with Gasteiger partial charge in [0.15, 0.2) is 0 Å². The molecule has 0 saturated carbocycles. The van der Waals surface area contributed by atoms with Crippen LogP contribution >= 0.6 is 0 Å². The molecule has 0 radical (unpaired) electrons. The molecule has 1 rings (SSSR count). The number of carboxylic acids is 1. The van der Waals surface area contributed by atoms with Crippen molar-refractivity contribution in [3.05, 3.63) is 0 Å². The van der Waals surface area contributed by atoms with Gasteiger partial charge in [-0.15, -0.1) is 0 Å². The normalized spacial score (nSPS) is 27.1. The van der Waals surface area contributed by atoms with Crippen LogP contribution in [0.5, 0.6) is 0 Å². The van der Waals surface area contributed by atoms with Gasteiger partial charge in [0, 0.05) is 19.1 Å². The van der Waals surface area contributed by atoms with E-state index in [-0.39, 0.29) is 12.6 Å². The number of nitrogens with two attached hydrogens (primary N) is 1. The number of aliphatic carboxylic acids is 1. The molecule has 1 aliphatic heterocycles. The highest BCUT2D eigenvalue weighted by molar-refractivity contribution is 5.69. The van der Waals surface area contributed by atoms with Gasteiger partial charge in [0.1, 0.15) is 0 Å². The topological polar surface area (TPSA) is 66.6 Å². The molecule has 0 unspecified atom stereocenters. The van der Waals surface area contributed by atoms with Crippen molar-refractivity contribution in [3.63, 3.8) is 0 Å². The van der Waals surface area contributed by atoms with Gasteiger partial charge in [-0.25, -0.2) is 0 Å². The van der Waals surface area contributed by atoms with Crippen LogP contribution < -0.4 is 5.73 Å². The summed E-state index contributed by atoms with van der Waals surface area (Å²) >= 11 is 0. The van der Waals surface area contributed by atoms with Gasteiger partial charge in [0.2, 0.25) is 0 Å². The highest BCUT2D eigenvalue weighted by Crippen LogP contribution is 2.05. The minimum Gasteiger partial charge on any atom is -0.480 e. The van der Waals surface area contributed by atoms with Gasteiger partial charge in [-0.3, -0.25) is 9.69 Å². The molecule has 10 heavy (non-hydrogen) atoms. The molecule has 1 saturated heterocycles. The van der Waals surface area contributed by atoms with Crippen LogP contribution in [-0.4, -0.2) is 41.7 Å². The van der Waals surface area contributed by atoms with E-state index in [1.165, 1.54) is 0 Å². The van der Waals surface area contributed by atoms with Crippen molar-refractivity contribution in [2.24, 2.45) is 5.73 Å². The first kappa shape index (κ1) is 7.50. The number of likely N-dealkylation sites (tertiary alicyclic amines) is 1. The average Bonchev–Trinajstić information content (AvgIpc) is 2.13. The molecule has 0 spiro atoms. The number of carboxylic acid groups (broad SMARTS) is 1. The van der Waals surface area contributed by atoms with Crippen LogP contribution in [-0.2, 0) is 4.79 Å². The second kappa shape index (κ2) is 2.98. The fourth-order valence-electron chi connectivity index (χ4n) is 1.20. The van der Waals surface area contributed by atoms with Gasteiger partial charge >= 0.3 is 5.97 Å². The summed E-state index contributed by atoms with van der Waals surface area (Å²) in [6, 6.07) is 0.180. The van der Waals surface area contributed by atoms with Crippen molar-refractivity contribution < 1.29 is 9.90 Å². The Morgan fingerprint density at radius 2 is 2.50 bits per heavy atom. The molecule has 1 heterocycles. The predicted octanol–water partition coefficient (Wildman–Crippen LogP) is -0.896. The summed E-state index contributed by atoms with van der Waals surface area (Å²) in [5.41, 5.74) is 5.57. The Morgan fingerprint density at radius 3 is 2.90 bits per heavy atom. The highest BCUT2D eigenvalue weighted by atomic mass is 16.4. The minimum absolute atomic E-state index is 0.133. The highest BCUT2D eigenvalue weighted by Gasteiger charge is 2.20. The van der Waals surface area contributed by atoms with Crippen molar-refractivity contribution in [2.75, 3.05) is 19.6 Å². The van der Waals surface area contributed by atoms with Gasteiger partial charge in [0.25, 0.3) is 0 Å². The SMILES string of the molecule is N[C@@H]1CCN(CC(=O)O)C1. The van der Waals surface area contributed by atoms with E-state index in [0.29, 0.717) is 0 Å². The Balaban J connectivity index is 2.24. The first-order valence-electron chi connectivity index (χ1n) is 3.38. The smallest absolute Gasteiger partial charge is 0.317 e. The molecule has 0 aliphatic carbocycles. The monoisotopic (exact) mass is 144 g/mol. The van der Waals surface area contributed by atoms with Crippen LogP contribution in [0.25, 0.3) is 0 Å². The molecule has 1 fully saturated rings. The maximum atomic E-state index is 10.2. The van der Waals surface area contributed by atoms with E-state index < -0.39 is 5.97 Å². The van der Waals surface area contributed by atoms with E-state index in [9.17, 15) is 4.79 Å². The fourth-order valence-corrected chi connectivity index (χ4v) is 1.20. The van der Waals surface area contributed by atoms with Crippen molar-refractivity contribution in [1.29, 1.82) is 0 Å². The summed E-state index contributed by atoms with van der Waals surface area (Å²) < 4.78 is 0. The molecule has 58 valence electrons. The van der Waals surface area contributed by atoms with E-state index in [4.69, 9.17) is 10.8 Å². The third-order valence-corrected chi connectivity index (χ3v) is 1.67. The molecular formula is C6H12N2O2. The van der Waals surface area contributed by atoms with E-state index in [1.54, 1.807) is 0 Å². The molecule has 0 aromatic rings. The lowest BCUT2D eigenvalue weighted by molar-refractivity contribution is -0.138. The largest absolute Gasteiger partial charge is 0.480 e. The van der Waals surface area contributed by atoms with Crippen molar-refractivity contribution in [1.82, 2.24) is 4.90 Å². The molecule has 0 aromatic heterocycles. The standard InChI is InChI=1S/C6H12N2O2/c7-5-1-2-8(3-5)4-6(9)10/h5H,1-4,7H2,(H,9,10)/t5-/m1/s1. The van der Waals surface area contributed by atoms with E-state index in [1.807, 2.05) is 4.90 Å². The summed E-state index contributed by atoms with van der Waals surface area (Å²) in [6.45, 7) is 1.69. The first-order valence-corrected chi connectivity index (χ1v) is 3.38. The first-order chi connectivity index (χ1) is 4.68. The summed E-state index contributed by atoms with van der Waals surface area (Å²) in [7, 11) is 0. The number of nitrogens with zero attached hydrogens (tertiary/aromatic N) is 1. The van der Waals surface area contributed by atoms with Crippen molar-refractivity contribution in [2.45, 2.75) is 12.5 Å². The van der Waals surface area contributed by atoms with Crippen LogP contribution in [0.1, 0.15) is 6.42 Å². The summed E-state index contributed by atoms with van der Waals surface area (Å²) in [4.78, 5) is 12.0. The lowest BCUT2D eigenvalue weighted by atomic mass is 10.3. The second-order valence-electron chi connectivity index (χ2n) is 2.68. The van der Waals surface area contributed by atoms with Gasteiger partial charge < -0.3 is 10.8 Å². The predicted molar refractivity (Wildman–Crippen MR) is 36.7 cm³/mol. The maximum Gasteiger partial charge on any atom is 0.317 e.